The quantitative estimate of drug-likeness (QED) is 0.283. The molecule has 0 aliphatic carbocycles. The van der Waals surface area contributed by atoms with E-state index in [4.69, 9.17) is 4.74 Å². The van der Waals surface area contributed by atoms with Crippen molar-refractivity contribution in [2.45, 2.75) is 46.5 Å². The number of rotatable bonds is 7. The summed E-state index contributed by atoms with van der Waals surface area (Å²) in [7, 11) is 0. The van der Waals surface area contributed by atoms with Crippen molar-refractivity contribution >= 4 is 5.97 Å². The second-order valence-electron chi connectivity index (χ2n) is 3.55. The van der Waals surface area contributed by atoms with E-state index in [0.29, 0.717) is 12.2 Å². The molecule has 0 saturated carbocycles. The third-order valence-electron chi connectivity index (χ3n) is 2.01. The second-order valence-corrected chi connectivity index (χ2v) is 3.55. The average Bonchev–Trinajstić information content (AvgIpc) is 2.30. The fourth-order valence-electron chi connectivity index (χ4n) is 1.11. The molecule has 90 valence electrons. The van der Waals surface area contributed by atoms with Crippen molar-refractivity contribution in [3.05, 3.63) is 29.5 Å². The van der Waals surface area contributed by atoms with Crippen LogP contribution in [0.1, 0.15) is 46.5 Å². The second kappa shape index (κ2) is 10.3. The minimum absolute atomic E-state index is 0.226. The van der Waals surface area contributed by atoms with Gasteiger partial charge in [0.1, 0.15) is 0 Å². The van der Waals surface area contributed by atoms with Crippen molar-refractivity contribution in [2.75, 3.05) is 6.61 Å². The Labute approximate surface area is 98.7 Å². The molecule has 0 unspecified atom stereocenters. The van der Waals surface area contributed by atoms with Crippen LogP contribution >= 0.6 is 0 Å². The molecule has 2 heteroatoms. The normalized spacial score (nSPS) is 9.94. The van der Waals surface area contributed by atoms with Crippen molar-refractivity contribution in [1.29, 1.82) is 0 Å². The lowest BCUT2D eigenvalue weighted by molar-refractivity contribution is -0.139. The predicted molar refractivity (Wildman–Crippen MR) is 67.2 cm³/mol. The average molecular weight is 222 g/mol. The highest BCUT2D eigenvalue weighted by molar-refractivity contribution is 5.88. The van der Waals surface area contributed by atoms with E-state index >= 15 is 0 Å². The van der Waals surface area contributed by atoms with Crippen LogP contribution in [0.15, 0.2) is 29.5 Å². The predicted octanol–water partition coefficient (Wildman–Crippen LogP) is 3.79. The Morgan fingerprint density at radius 3 is 2.62 bits per heavy atom. The Bertz CT molecular complexity index is 281. The van der Waals surface area contributed by atoms with Crippen molar-refractivity contribution in [3.63, 3.8) is 0 Å². The molecule has 0 aromatic carbocycles. The van der Waals surface area contributed by atoms with Gasteiger partial charge in [-0.15, -0.1) is 5.73 Å². The Kier molecular flexibility index (Phi) is 9.44. The van der Waals surface area contributed by atoms with E-state index in [-0.39, 0.29) is 5.97 Å². The fraction of sp³-hybridized carbons (Fsp3) is 0.571. The zero-order chi connectivity index (χ0) is 12.2. The number of esters is 1. The molecule has 0 fully saturated rings. The van der Waals surface area contributed by atoms with E-state index in [1.54, 1.807) is 6.08 Å². The van der Waals surface area contributed by atoms with Crippen molar-refractivity contribution in [2.24, 2.45) is 0 Å². The molecule has 0 saturated heterocycles. The minimum Gasteiger partial charge on any atom is -0.462 e. The van der Waals surface area contributed by atoms with Gasteiger partial charge in [0, 0.05) is 0 Å². The van der Waals surface area contributed by atoms with Gasteiger partial charge in [-0.05, 0) is 32.3 Å². The van der Waals surface area contributed by atoms with Crippen LogP contribution in [0.25, 0.3) is 0 Å². The lowest BCUT2D eigenvalue weighted by atomic mass is 10.1. The molecule has 0 heterocycles. The molecule has 2 nitrogen and oxygen atoms in total. The molecule has 0 N–H and O–H groups in total. The summed E-state index contributed by atoms with van der Waals surface area (Å²) < 4.78 is 5.10. The number of allylic oxidation sites excluding steroid dienone is 2. The highest BCUT2D eigenvalue weighted by Gasteiger charge is 2.08. The zero-order valence-electron chi connectivity index (χ0n) is 10.6. The monoisotopic (exact) mass is 222 g/mol. The lowest BCUT2D eigenvalue weighted by Gasteiger charge is -2.04. The van der Waals surface area contributed by atoms with Crippen LogP contribution in [-0.2, 0) is 9.53 Å². The summed E-state index contributed by atoms with van der Waals surface area (Å²) in [6, 6.07) is 0. The summed E-state index contributed by atoms with van der Waals surface area (Å²) in [5.41, 5.74) is 3.64. The Morgan fingerprint density at radius 1 is 1.31 bits per heavy atom. The van der Waals surface area contributed by atoms with Crippen LogP contribution < -0.4 is 0 Å². The van der Waals surface area contributed by atoms with Crippen molar-refractivity contribution < 1.29 is 9.53 Å². The summed E-state index contributed by atoms with van der Waals surface area (Å²) >= 11 is 0. The van der Waals surface area contributed by atoms with Crippen LogP contribution in [0.5, 0.6) is 0 Å². The van der Waals surface area contributed by atoms with Gasteiger partial charge in [0.15, 0.2) is 0 Å². The summed E-state index contributed by atoms with van der Waals surface area (Å²) in [4.78, 5) is 11.6. The first-order valence-corrected chi connectivity index (χ1v) is 6.00. The first kappa shape index (κ1) is 14.7. The van der Waals surface area contributed by atoms with E-state index in [1.165, 1.54) is 0 Å². The number of carbonyl (C=O) groups excluding carboxylic acids is 1. The molecular weight excluding hydrogens is 200 g/mol. The van der Waals surface area contributed by atoms with Crippen molar-refractivity contribution in [1.82, 2.24) is 0 Å². The van der Waals surface area contributed by atoms with Crippen LogP contribution in [0.3, 0.4) is 0 Å². The SMILES string of the molecule is C/C=C/C=C=C(CCCC)C(=O)OCCC. The molecule has 0 amide bonds. The maximum absolute atomic E-state index is 11.6. The summed E-state index contributed by atoms with van der Waals surface area (Å²) in [6.07, 6.45) is 9.18. The molecule has 0 bridgehead atoms. The fourth-order valence-corrected chi connectivity index (χ4v) is 1.11. The molecule has 0 atom stereocenters. The van der Waals surface area contributed by atoms with Gasteiger partial charge >= 0.3 is 5.97 Å². The van der Waals surface area contributed by atoms with E-state index in [9.17, 15) is 4.79 Å². The number of hydrogen-bond donors (Lipinski definition) is 0. The molecule has 0 radical (unpaired) electrons. The standard InChI is InChI=1S/C14H22O2/c1-4-7-9-11-13(10-8-5-2)14(15)16-12-6-3/h4,7,9H,5-6,8,10,12H2,1-3H3/b7-4+. The zero-order valence-corrected chi connectivity index (χ0v) is 10.6. The minimum atomic E-state index is -0.226. The van der Waals surface area contributed by atoms with Gasteiger partial charge in [-0.25, -0.2) is 4.79 Å². The summed E-state index contributed by atoms with van der Waals surface area (Å²) in [5.74, 6) is -0.226. The molecule has 0 rings (SSSR count). The van der Waals surface area contributed by atoms with Gasteiger partial charge in [-0.2, -0.15) is 0 Å². The molecule has 0 spiro atoms. The van der Waals surface area contributed by atoms with Crippen LogP contribution in [0.4, 0.5) is 0 Å². The highest BCUT2D eigenvalue weighted by atomic mass is 16.5. The first-order chi connectivity index (χ1) is 7.76. The van der Waals surface area contributed by atoms with E-state index < -0.39 is 0 Å². The Hall–Kier alpha value is -1.27. The molecule has 0 aromatic heterocycles. The molecule has 0 aromatic rings. The van der Waals surface area contributed by atoms with Gasteiger partial charge in [-0.1, -0.05) is 32.4 Å². The summed E-state index contributed by atoms with van der Waals surface area (Å²) in [6.45, 7) is 6.50. The van der Waals surface area contributed by atoms with Gasteiger partial charge in [0.2, 0.25) is 0 Å². The molecular formula is C14H22O2. The molecule has 0 aliphatic rings. The van der Waals surface area contributed by atoms with Gasteiger partial charge in [0.25, 0.3) is 0 Å². The third kappa shape index (κ3) is 7.08. The van der Waals surface area contributed by atoms with Gasteiger partial charge < -0.3 is 4.74 Å². The number of carbonyl (C=O) groups is 1. The topological polar surface area (TPSA) is 26.3 Å². The van der Waals surface area contributed by atoms with Crippen molar-refractivity contribution in [3.8, 4) is 0 Å². The molecule has 0 aliphatic heterocycles. The molecule has 16 heavy (non-hydrogen) atoms. The number of unbranched alkanes of at least 4 members (excludes halogenated alkanes) is 1. The third-order valence-corrected chi connectivity index (χ3v) is 2.01. The summed E-state index contributed by atoms with van der Waals surface area (Å²) in [5, 5.41) is 0. The van der Waals surface area contributed by atoms with Crippen LogP contribution in [-0.4, -0.2) is 12.6 Å². The van der Waals surface area contributed by atoms with Crippen LogP contribution in [0, 0.1) is 0 Å². The smallest absolute Gasteiger partial charge is 0.341 e. The highest BCUT2D eigenvalue weighted by Crippen LogP contribution is 2.08. The number of ether oxygens (including phenoxy) is 1. The largest absolute Gasteiger partial charge is 0.462 e. The van der Waals surface area contributed by atoms with E-state index in [1.807, 2.05) is 26.0 Å². The van der Waals surface area contributed by atoms with E-state index in [2.05, 4.69) is 12.7 Å². The Morgan fingerprint density at radius 2 is 2.06 bits per heavy atom. The van der Waals surface area contributed by atoms with E-state index in [0.717, 1.165) is 25.7 Å². The maximum atomic E-state index is 11.6. The Balaban J connectivity index is 4.52. The first-order valence-electron chi connectivity index (χ1n) is 6.00. The maximum Gasteiger partial charge on any atom is 0.341 e. The number of hydrogen-bond acceptors (Lipinski definition) is 2. The van der Waals surface area contributed by atoms with Crippen LogP contribution in [0.2, 0.25) is 0 Å². The lowest BCUT2D eigenvalue weighted by Crippen LogP contribution is -2.08. The van der Waals surface area contributed by atoms with Gasteiger partial charge in [-0.3, -0.25) is 0 Å². The van der Waals surface area contributed by atoms with Gasteiger partial charge in [0.05, 0.1) is 12.2 Å².